The molecule has 0 amide bonds. The predicted octanol–water partition coefficient (Wildman–Crippen LogP) is 2.50. The number of alkyl halides is 1. The largest absolute Gasteiger partial charge is 0.192 e. The Balaban J connectivity index is 2.76. The predicted molar refractivity (Wildman–Crippen MR) is 48.7 cm³/mol. The highest BCUT2D eigenvalue weighted by Gasteiger charge is 1.91. The fourth-order valence-electron chi connectivity index (χ4n) is 0.855. The van der Waals surface area contributed by atoms with Crippen LogP contribution in [0.2, 0.25) is 0 Å². The summed E-state index contributed by atoms with van der Waals surface area (Å²) in [7, 11) is 0. The quantitative estimate of drug-likeness (QED) is 0.688. The molecule has 1 nitrogen and oxygen atoms in total. The Morgan fingerprint density at radius 3 is 2.36 bits per heavy atom. The number of hydrogen-bond donors (Lipinski definition) is 0. The second-order valence-electron chi connectivity index (χ2n) is 2.25. The Morgan fingerprint density at radius 1 is 1.27 bits per heavy atom. The van der Waals surface area contributed by atoms with Gasteiger partial charge in [-0.15, -0.1) is 0 Å². The molecule has 1 rings (SSSR count). The van der Waals surface area contributed by atoms with Crippen LogP contribution in [0.4, 0.5) is 0 Å². The van der Waals surface area contributed by atoms with Crippen LogP contribution in [0, 0.1) is 11.3 Å². The van der Waals surface area contributed by atoms with Gasteiger partial charge in [-0.2, -0.15) is 5.26 Å². The standard InChI is InChI=1S/C9H8BrN/c10-6-5-8-1-3-9(7-11)4-2-8/h1-4H,5-6H2. The van der Waals surface area contributed by atoms with Gasteiger partial charge < -0.3 is 0 Å². The van der Waals surface area contributed by atoms with E-state index in [-0.39, 0.29) is 0 Å². The summed E-state index contributed by atoms with van der Waals surface area (Å²) in [5, 5.41) is 9.47. The molecule has 0 aliphatic rings. The molecule has 11 heavy (non-hydrogen) atoms. The van der Waals surface area contributed by atoms with E-state index < -0.39 is 0 Å². The molecule has 0 aliphatic heterocycles. The van der Waals surface area contributed by atoms with Crippen LogP contribution in [0.5, 0.6) is 0 Å². The van der Waals surface area contributed by atoms with Crippen LogP contribution >= 0.6 is 15.9 Å². The van der Waals surface area contributed by atoms with Crippen LogP contribution < -0.4 is 0 Å². The van der Waals surface area contributed by atoms with Crippen molar-refractivity contribution in [3.8, 4) is 6.07 Å². The summed E-state index contributed by atoms with van der Waals surface area (Å²) in [5.41, 5.74) is 1.99. The number of benzene rings is 1. The minimum Gasteiger partial charge on any atom is -0.192 e. The summed E-state index contributed by atoms with van der Waals surface area (Å²) in [6.07, 6.45) is 1.02. The first-order valence-corrected chi connectivity index (χ1v) is 4.54. The minimum atomic E-state index is 0.725. The Hall–Kier alpha value is -0.810. The average Bonchev–Trinajstić information content (AvgIpc) is 2.07. The lowest BCUT2D eigenvalue weighted by Gasteiger charge is -1.95. The fraction of sp³-hybridized carbons (Fsp3) is 0.222. The Labute approximate surface area is 74.8 Å². The molecule has 0 saturated heterocycles. The molecule has 0 radical (unpaired) electrons. The molecule has 0 unspecified atom stereocenters. The Bertz CT molecular complexity index is 258. The van der Waals surface area contributed by atoms with Gasteiger partial charge in [-0.25, -0.2) is 0 Å². The van der Waals surface area contributed by atoms with Gasteiger partial charge in [0.15, 0.2) is 0 Å². The third-order valence-electron chi connectivity index (χ3n) is 1.47. The Kier molecular flexibility index (Phi) is 3.13. The van der Waals surface area contributed by atoms with E-state index in [1.54, 1.807) is 0 Å². The smallest absolute Gasteiger partial charge is 0.0991 e. The summed E-state index contributed by atoms with van der Waals surface area (Å²) in [6.45, 7) is 0. The van der Waals surface area contributed by atoms with E-state index >= 15 is 0 Å². The van der Waals surface area contributed by atoms with Crippen molar-refractivity contribution in [2.75, 3.05) is 5.33 Å². The molecule has 0 aromatic heterocycles. The van der Waals surface area contributed by atoms with Crippen molar-refractivity contribution in [3.63, 3.8) is 0 Å². The lowest BCUT2D eigenvalue weighted by molar-refractivity contribution is 1.17. The molecule has 0 saturated carbocycles. The third kappa shape index (κ3) is 2.36. The normalized spacial score (nSPS) is 9.09. The highest BCUT2D eigenvalue weighted by atomic mass is 79.9. The molecule has 0 N–H and O–H groups in total. The van der Waals surface area contributed by atoms with Crippen molar-refractivity contribution in [1.82, 2.24) is 0 Å². The monoisotopic (exact) mass is 209 g/mol. The number of nitrogens with zero attached hydrogens (tertiary/aromatic N) is 1. The second-order valence-corrected chi connectivity index (χ2v) is 3.04. The molecule has 1 aromatic rings. The Morgan fingerprint density at radius 2 is 1.91 bits per heavy atom. The molecule has 0 bridgehead atoms. The molecule has 2 heteroatoms. The molecule has 0 heterocycles. The first-order chi connectivity index (χ1) is 5.36. The third-order valence-corrected chi connectivity index (χ3v) is 1.86. The van der Waals surface area contributed by atoms with E-state index in [1.807, 2.05) is 24.3 Å². The van der Waals surface area contributed by atoms with E-state index in [0.717, 1.165) is 17.3 Å². The summed E-state index contributed by atoms with van der Waals surface area (Å²) in [5.74, 6) is 0. The summed E-state index contributed by atoms with van der Waals surface area (Å²) in [6, 6.07) is 9.75. The van der Waals surface area contributed by atoms with Gasteiger partial charge in [0, 0.05) is 5.33 Å². The SMILES string of the molecule is N#Cc1ccc(CCBr)cc1. The van der Waals surface area contributed by atoms with Crippen LogP contribution in [0.1, 0.15) is 11.1 Å². The molecule has 0 fully saturated rings. The van der Waals surface area contributed by atoms with Crippen LogP contribution in [0.25, 0.3) is 0 Å². The van der Waals surface area contributed by atoms with E-state index in [2.05, 4.69) is 22.0 Å². The van der Waals surface area contributed by atoms with Crippen LogP contribution in [0.15, 0.2) is 24.3 Å². The van der Waals surface area contributed by atoms with Crippen molar-refractivity contribution in [3.05, 3.63) is 35.4 Å². The number of hydrogen-bond acceptors (Lipinski definition) is 1. The molecular formula is C9H8BrN. The van der Waals surface area contributed by atoms with Gasteiger partial charge >= 0.3 is 0 Å². The maximum Gasteiger partial charge on any atom is 0.0991 e. The first kappa shape index (κ1) is 8.29. The molecular weight excluding hydrogens is 202 g/mol. The molecule has 0 aliphatic carbocycles. The van der Waals surface area contributed by atoms with Crippen LogP contribution in [-0.4, -0.2) is 5.33 Å². The number of halogens is 1. The zero-order valence-electron chi connectivity index (χ0n) is 6.05. The number of nitriles is 1. The van der Waals surface area contributed by atoms with Crippen molar-refractivity contribution >= 4 is 15.9 Å². The van der Waals surface area contributed by atoms with Crippen molar-refractivity contribution in [2.24, 2.45) is 0 Å². The van der Waals surface area contributed by atoms with Gasteiger partial charge in [-0.05, 0) is 24.1 Å². The highest BCUT2D eigenvalue weighted by molar-refractivity contribution is 9.09. The van der Waals surface area contributed by atoms with Gasteiger partial charge in [0.2, 0.25) is 0 Å². The van der Waals surface area contributed by atoms with Gasteiger partial charge in [0.05, 0.1) is 11.6 Å². The zero-order valence-corrected chi connectivity index (χ0v) is 7.63. The number of rotatable bonds is 2. The van der Waals surface area contributed by atoms with E-state index in [0.29, 0.717) is 0 Å². The van der Waals surface area contributed by atoms with Crippen molar-refractivity contribution < 1.29 is 0 Å². The van der Waals surface area contributed by atoms with E-state index in [4.69, 9.17) is 5.26 Å². The number of aryl methyl sites for hydroxylation is 1. The van der Waals surface area contributed by atoms with E-state index in [9.17, 15) is 0 Å². The maximum atomic E-state index is 8.50. The highest BCUT2D eigenvalue weighted by Crippen LogP contribution is 2.04. The van der Waals surface area contributed by atoms with Gasteiger partial charge in [-0.3, -0.25) is 0 Å². The molecule has 56 valence electrons. The molecule has 1 aromatic carbocycles. The van der Waals surface area contributed by atoms with Crippen LogP contribution in [0.3, 0.4) is 0 Å². The first-order valence-electron chi connectivity index (χ1n) is 3.42. The summed E-state index contributed by atoms with van der Waals surface area (Å²) < 4.78 is 0. The van der Waals surface area contributed by atoms with Gasteiger partial charge in [0.25, 0.3) is 0 Å². The van der Waals surface area contributed by atoms with Crippen molar-refractivity contribution in [1.29, 1.82) is 5.26 Å². The van der Waals surface area contributed by atoms with E-state index in [1.165, 1.54) is 5.56 Å². The summed E-state index contributed by atoms with van der Waals surface area (Å²) in [4.78, 5) is 0. The second kappa shape index (κ2) is 4.15. The summed E-state index contributed by atoms with van der Waals surface area (Å²) >= 11 is 3.36. The topological polar surface area (TPSA) is 23.8 Å². The van der Waals surface area contributed by atoms with Gasteiger partial charge in [-0.1, -0.05) is 28.1 Å². The maximum absolute atomic E-state index is 8.50. The van der Waals surface area contributed by atoms with Crippen molar-refractivity contribution in [2.45, 2.75) is 6.42 Å². The average molecular weight is 210 g/mol. The minimum absolute atomic E-state index is 0.725. The van der Waals surface area contributed by atoms with Gasteiger partial charge in [0.1, 0.15) is 0 Å². The lowest BCUT2D eigenvalue weighted by Crippen LogP contribution is -1.84. The fourth-order valence-corrected chi connectivity index (χ4v) is 1.31. The molecule has 0 atom stereocenters. The van der Waals surface area contributed by atoms with Crippen LogP contribution in [-0.2, 0) is 6.42 Å². The zero-order chi connectivity index (χ0) is 8.10. The lowest BCUT2D eigenvalue weighted by atomic mass is 10.1. The molecule has 0 spiro atoms.